The molecule has 3 aromatic heterocycles. The van der Waals surface area contributed by atoms with Gasteiger partial charge in [-0.1, -0.05) is 11.6 Å². The molecule has 0 saturated carbocycles. The van der Waals surface area contributed by atoms with Gasteiger partial charge in [-0.2, -0.15) is 0 Å². The first-order chi connectivity index (χ1) is 15.0. The Labute approximate surface area is 182 Å². The lowest BCUT2D eigenvalue weighted by molar-refractivity contribution is 0.0930. The third-order valence-corrected chi connectivity index (χ3v) is 5.17. The van der Waals surface area contributed by atoms with E-state index in [-0.39, 0.29) is 22.9 Å². The molecule has 4 heterocycles. The summed E-state index contributed by atoms with van der Waals surface area (Å²) in [6, 6.07) is 8.82. The zero-order valence-electron chi connectivity index (χ0n) is 16.8. The van der Waals surface area contributed by atoms with Crippen LogP contribution < -0.4 is 15.4 Å². The molecule has 2 N–H and O–H groups in total. The van der Waals surface area contributed by atoms with Crippen molar-refractivity contribution in [3.63, 3.8) is 0 Å². The zero-order valence-corrected chi connectivity index (χ0v) is 17.6. The number of pyridine rings is 1. The van der Waals surface area contributed by atoms with E-state index in [1.165, 1.54) is 12.4 Å². The summed E-state index contributed by atoms with van der Waals surface area (Å²) in [7, 11) is 3.99. The van der Waals surface area contributed by atoms with Crippen molar-refractivity contribution >= 4 is 45.1 Å². The van der Waals surface area contributed by atoms with E-state index in [1.807, 2.05) is 26.2 Å². The van der Waals surface area contributed by atoms with Gasteiger partial charge in [-0.05, 0) is 32.3 Å². The lowest BCUT2D eigenvalue weighted by atomic mass is 10.1. The summed E-state index contributed by atoms with van der Waals surface area (Å²) in [6.07, 6.45) is 1.32. The number of nitrogens with zero attached hydrogens (tertiary/aromatic N) is 4. The lowest BCUT2D eigenvalue weighted by Gasteiger charge is -2.21. The molecule has 0 bridgehead atoms. The van der Waals surface area contributed by atoms with Crippen LogP contribution in [0.5, 0.6) is 11.8 Å². The van der Waals surface area contributed by atoms with Gasteiger partial charge in [0.15, 0.2) is 0 Å². The van der Waals surface area contributed by atoms with E-state index in [0.717, 1.165) is 17.3 Å². The minimum atomic E-state index is -0.235. The number of carbonyl (C=O) groups is 1. The van der Waals surface area contributed by atoms with Gasteiger partial charge in [0.25, 0.3) is 5.91 Å². The number of likely N-dealkylation sites (N-methyl/N-ethyl adjacent to an activating group) is 1. The van der Waals surface area contributed by atoms with Crippen LogP contribution in [0.25, 0.3) is 21.9 Å². The normalized spacial score (nSPS) is 16.1. The van der Waals surface area contributed by atoms with Crippen molar-refractivity contribution in [3.05, 3.63) is 47.6 Å². The monoisotopic (exact) mass is 438 g/mol. The molecule has 0 fully saturated rings. The lowest BCUT2D eigenvalue weighted by Crippen LogP contribution is -2.39. The number of amides is 1. The van der Waals surface area contributed by atoms with E-state index in [1.54, 1.807) is 12.1 Å². The highest BCUT2D eigenvalue weighted by molar-refractivity contribution is 6.29. The molecule has 4 aromatic rings. The fraction of sp³-hybridized carbons (Fsp3) is 0.238. The van der Waals surface area contributed by atoms with Gasteiger partial charge in [-0.25, -0.2) is 15.0 Å². The van der Waals surface area contributed by atoms with E-state index < -0.39 is 0 Å². The van der Waals surface area contributed by atoms with E-state index >= 15 is 0 Å². The van der Waals surface area contributed by atoms with Gasteiger partial charge < -0.3 is 24.7 Å². The van der Waals surface area contributed by atoms with Crippen LogP contribution in [0.2, 0.25) is 5.15 Å². The van der Waals surface area contributed by atoms with Crippen molar-refractivity contribution in [2.75, 3.05) is 32.5 Å². The molecule has 0 spiro atoms. The predicted octanol–water partition coefficient (Wildman–Crippen LogP) is 3.30. The summed E-state index contributed by atoms with van der Waals surface area (Å²) < 4.78 is 11.6. The maximum atomic E-state index is 12.6. The molecule has 9 nitrogen and oxygen atoms in total. The van der Waals surface area contributed by atoms with Crippen LogP contribution in [0.4, 0.5) is 5.69 Å². The summed E-state index contributed by atoms with van der Waals surface area (Å²) in [5.41, 5.74) is 1.99. The molecule has 1 aliphatic rings. The van der Waals surface area contributed by atoms with Crippen molar-refractivity contribution in [1.29, 1.82) is 0 Å². The van der Waals surface area contributed by atoms with Crippen molar-refractivity contribution in [1.82, 2.24) is 25.2 Å². The summed E-state index contributed by atoms with van der Waals surface area (Å²) in [6.45, 7) is 1.26. The maximum Gasteiger partial charge on any atom is 0.289 e. The highest BCUT2D eigenvalue weighted by atomic mass is 35.5. The number of nitrogens with one attached hydrogen (secondary N) is 2. The average Bonchev–Trinajstić information content (AvgIpc) is 3.03. The second kappa shape index (κ2) is 7.68. The summed E-state index contributed by atoms with van der Waals surface area (Å²) in [5, 5.41) is 8.36. The molecular weight excluding hydrogens is 420 g/mol. The van der Waals surface area contributed by atoms with Crippen LogP contribution in [-0.2, 0) is 0 Å². The molecule has 1 atom stereocenters. The Bertz CT molecular complexity index is 1310. The van der Waals surface area contributed by atoms with Gasteiger partial charge in [-0.3, -0.25) is 4.79 Å². The van der Waals surface area contributed by atoms with E-state index in [4.69, 9.17) is 20.8 Å². The highest BCUT2D eigenvalue weighted by Gasteiger charge is 2.28. The molecule has 1 amide bonds. The zero-order chi connectivity index (χ0) is 21.5. The van der Waals surface area contributed by atoms with E-state index in [0.29, 0.717) is 35.1 Å². The summed E-state index contributed by atoms with van der Waals surface area (Å²) in [4.78, 5) is 27.1. The Morgan fingerprint density at radius 2 is 2.10 bits per heavy atom. The highest BCUT2D eigenvalue weighted by Crippen LogP contribution is 2.38. The van der Waals surface area contributed by atoms with E-state index in [9.17, 15) is 4.79 Å². The Morgan fingerprint density at radius 1 is 1.23 bits per heavy atom. The maximum absolute atomic E-state index is 12.6. The molecule has 0 saturated heterocycles. The van der Waals surface area contributed by atoms with Gasteiger partial charge in [0, 0.05) is 30.6 Å². The minimum Gasteiger partial charge on any atom is -0.449 e. The van der Waals surface area contributed by atoms with Crippen LogP contribution in [-0.4, -0.2) is 59.0 Å². The topological polar surface area (TPSA) is 105 Å². The van der Waals surface area contributed by atoms with Crippen LogP contribution >= 0.6 is 11.6 Å². The molecule has 0 aliphatic carbocycles. The van der Waals surface area contributed by atoms with E-state index in [2.05, 4.69) is 30.5 Å². The molecular formula is C21H19ClN6O3. The Balaban J connectivity index is 1.59. The number of carbonyl (C=O) groups excluding carboxylic acids is 1. The minimum absolute atomic E-state index is 0.0364. The van der Waals surface area contributed by atoms with Crippen LogP contribution in [0.3, 0.4) is 0 Å². The Hall–Kier alpha value is -3.43. The van der Waals surface area contributed by atoms with Crippen LogP contribution in [0.15, 0.2) is 41.1 Å². The molecule has 31 heavy (non-hydrogen) atoms. The second-order valence-corrected chi connectivity index (χ2v) is 7.94. The molecule has 1 aliphatic heterocycles. The largest absolute Gasteiger partial charge is 0.449 e. The molecule has 0 radical (unpaired) electrons. The third kappa shape index (κ3) is 3.73. The number of furan rings is 1. The van der Waals surface area contributed by atoms with Crippen molar-refractivity contribution in [2.45, 2.75) is 6.04 Å². The van der Waals surface area contributed by atoms with Gasteiger partial charge in [0.05, 0.1) is 22.6 Å². The first-order valence-electron chi connectivity index (χ1n) is 9.69. The quantitative estimate of drug-likeness (QED) is 0.467. The SMILES string of the molecule is CN(C)CC1CNC(=O)c2oc3ccc4nc(Oc5cc(Cl)ncn5)ccc4c3c2N1. The predicted molar refractivity (Wildman–Crippen MR) is 117 cm³/mol. The second-order valence-electron chi connectivity index (χ2n) is 7.56. The van der Waals surface area contributed by atoms with Gasteiger partial charge in [-0.15, -0.1) is 0 Å². The number of halogens is 1. The Kier molecular flexibility index (Phi) is 4.84. The number of hydrogen-bond donors (Lipinski definition) is 2. The first kappa shape index (κ1) is 19.5. The Morgan fingerprint density at radius 3 is 2.90 bits per heavy atom. The van der Waals surface area contributed by atoms with Crippen molar-refractivity contribution in [2.24, 2.45) is 0 Å². The van der Waals surface area contributed by atoms with Crippen molar-refractivity contribution in [3.8, 4) is 11.8 Å². The molecule has 158 valence electrons. The fourth-order valence-corrected chi connectivity index (χ4v) is 3.86. The number of ether oxygens (including phenoxy) is 1. The van der Waals surface area contributed by atoms with Crippen molar-refractivity contribution < 1.29 is 13.9 Å². The molecule has 1 aromatic carbocycles. The first-order valence-corrected chi connectivity index (χ1v) is 10.1. The smallest absolute Gasteiger partial charge is 0.289 e. The summed E-state index contributed by atoms with van der Waals surface area (Å²) >= 11 is 5.89. The number of benzene rings is 1. The third-order valence-electron chi connectivity index (χ3n) is 4.96. The number of rotatable bonds is 4. The van der Waals surface area contributed by atoms with Gasteiger partial charge in [0.1, 0.15) is 17.1 Å². The summed E-state index contributed by atoms with van der Waals surface area (Å²) in [5.74, 6) is 0.712. The van der Waals surface area contributed by atoms with Crippen LogP contribution in [0, 0.1) is 0 Å². The molecule has 10 heteroatoms. The van der Waals surface area contributed by atoms with Crippen LogP contribution in [0.1, 0.15) is 10.6 Å². The van der Waals surface area contributed by atoms with Gasteiger partial charge in [0.2, 0.25) is 17.5 Å². The fourth-order valence-electron chi connectivity index (χ4n) is 3.72. The number of aromatic nitrogens is 3. The number of hydrogen-bond acceptors (Lipinski definition) is 8. The van der Waals surface area contributed by atoms with Gasteiger partial charge >= 0.3 is 0 Å². The molecule has 1 unspecified atom stereocenters. The number of anilines is 1. The molecule has 5 rings (SSSR count). The standard InChI is InChI=1S/C21H19ClN6O3/c1-28(2)9-11-8-23-21(29)20-19(26-11)18-12-3-6-16(27-13(12)4-5-14(18)30-20)31-17-7-15(22)24-10-25-17/h3-7,10-11,26H,8-9H2,1-2H3,(H,23,29). The number of fused-ring (bicyclic) bond motifs is 5. The average molecular weight is 439 g/mol.